The van der Waals surface area contributed by atoms with Crippen LogP contribution in [0.15, 0.2) is 24.9 Å². The molecule has 4 aromatic rings. The van der Waals surface area contributed by atoms with Crippen molar-refractivity contribution < 1.29 is 0 Å². The lowest BCUT2D eigenvalue weighted by Crippen LogP contribution is -2.31. The van der Waals surface area contributed by atoms with Crippen molar-refractivity contribution in [1.29, 1.82) is 0 Å². The lowest BCUT2D eigenvalue weighted by atomic mass is 9.99. The third-order valence-corrected chi connectivity index (χ3v) is 4.20. The fourth-order valence-electron chi connectivity index (χ4n) is 3.14. The second kappa shape index (κ2) is 4.23. The normalized spacial score (nSPS) is 14.6. The van der Waals surface area contributed by atoms with Crippen LogP contribution in [0.2, 0.25) is 0 Å². The molecule has 1 aliphatic rings. The minimum atomic E-state index is 0.763. The zero-order valence-corrected chi connectivity index (χ0v) is 11.6. The van der Waals surface area contributed by atoms with E-state index < -0.39 is 0 Å². The van der Waals surface area contributed by atoms with Gasteiger partial charge in [0.05, 0.1) is 17.8 Å². The Kier molecular flexibility index (Phi) is 2.23. The highest BCUT2D eigenvalue weighted by Crippen LogP contribution is 2.29. The summed E-state index contributed by atoms with van der Waals surface area (Å²) < 4.78 is 0. The molecule has 0 bridgehead atoms. The summed E-state index contributed by atoms with van der Waals surface area (Å²) in [5.74, 6) is 0.914. The lowest BCUT2D eigenvalue weighted by Gasteiger charge is -2.29. The molecule has 0 aromatic carbocycles. The van der Waals surface area contributed by atoms with Gasteiger partial charge in [0.1, 0.15) is 12.1 Å². The van der Waals surface area contributed by atoms with E-state index >= 15 is 0 Å². The van der Waals surface area contributed by atoms with Gasteiger partial charge in [0.15, 0.2) is 11.3 Å². The highest BCUT2D eigenvalue weighted by Gasteiger charge is 2.22. The van der Waals surface area contributed by atoms with Crippen LogP contribution in [0.3, 0.4) is 0 Å². The topological polar surface area (TPSA) is 99.3 Å². The predicted molar refractivity (Wildman–Crippen MR) is 80.3 cm³/mol. The monoisotopic (exact) mass is 292 g/mol. The molecule has 0 amide bonds. The van der Waals surface area contributed by atoms with E-state index in [4.69, 9.17) is 0 Å². The van der Waals surface area contributed by atoms with Crippen LogP contribution in [0.1, 0.15) is 11.1 Å². The highest BCUT2D eigenvalue weighted by molar-refractivity contribution is 5.86. The van der Waals surface area contributed by atoms with Gasteiger partial charge in [-0.15, -0.1) is 0 Å². The van der Waals surface area contributed by atoms with E-state index in [1.165, 1.54) is 11.1 Å². The summed E-state index contributed by atoms with van der Waals surface area (Å²) in [6.45, 7) is 1.68. The number of pyridine rings is 1. The number of fused-ring (bicyclic) bond motifs is 4. The summed E-state index contributed by atoms with van der Waals surface area (Å²) >= 11 is 0. The lowest BCUT2D eigenvalue weighted by molar-refractivity contribution is 0.724. The summed E-state index contributed by atoms with van der Waals surface area (Å²) in [5.41, 5.74) is 4.16. The number of H-pyrrole nitrogens is 2. The molecule has 0 spiro atoms. The predicted octanol–water partition coefficient (Wildman–Crippen LogP) is 1.19. The molecule has 108 valence electrons. The minimum Gasteiger partial charge on any atom is -0.351 e. The number of aromatic nitrogens is 7. The van der Waals surface area contributed by atoms with Gasteiger partial charge in [-0.2, -0.15) is 10.2 Å². The summed E-state index contributed by atoms with van der Waals surface area (Å²) in [6.07, 6.45) is 8.07. The molecule has 22 heavy (non-hydrogen) atoms. The Hall–Kier alpha value is -3.03. The van der Waals surface area contributed by atoms with Crippen molar-refractivity contribution >= 4 is 27.9 Å². The van der Waals surface area contributed by atoms with Crippen molar-refractivity contribution in [1.82, 2.24) is 35.3 Å². The molecular formula is C14H12N8. The second-order valence-corrected chi connectivity index (χ2v) is 5.40. The summed E-state index contributed by atoms with van der Waals surface area (Å²) in [7, 11) is 0. The smallest absolute Gasteiger partial charge is 0.160 e. The zero-order valence-electron chi connectivity index (χ0n) is 11.6. The number of rotatable bonds is 1. The third-order valence-electron chi connectivity index (χ3n) is 4.20. The number of nitrogens with zero attached hydrogens (tertiary/aromatic N) is 6. The average Bonchev–Trinajstić information content (AvgIpc) is 3.22. The minimum absolute atomic E-state index is 0.763. The molecule has 0 atom stereocenters. The number of aromatic amines is 2. The molecule has 0 saturated heterocycles. The highest BCUT2D eigenvalue weighted by atomic mass is 15.2. The molecule has 0 fully saturated rings. The Bertz CT molecular complexity index is 985. The first-order valence-corrected chi connectivity index (χ1v) is 7.09. The van der Waals surface area contributed by atoms with E-state index in [1.807, 2.05) is 12.4 Å². The molecule has 4 aromatic heterocycles. The van der Waals surface area contributed by atoms with Crippen molar-refractivity contribution in [3.05, 3.63) is 36.0 Å². The maximum atomic E-state index is 4.44. The van der Waals surface area contributed by atoms with Gasteiger partial charge in [0, 0.05) is 24.7 Å². The molecule has 1 aliphatic heterocycles. The Morgan fingerprint density at radius 1 is 0.909 bits per heavy atom. The van der Waals surface area contributed by atoms with Gasteiger partial charge in [0.25, 0.3) is 0 Å². The average molecular weight is 292 g/mol. The van der Waals surface area contributed by atoms with Crippen LogP contribution in [0.5, 0.6) is 0 Å². The van der Waals surface area contributed by atoms with Gasteiger partial charge in [-0.3, -0.25) is 10.2 Å². The number of hydrogen-bond acceptors (Lipinski definition) is 6. The largest absolute Gasteiger partial charge is 0.351 e. The maximum absolute atomic E-state index is 4.44. The molecule has 2 N–H and O–H groups in total. The van der Waals surface area contributed by atoms with Crippen molar-refractivity contribution in [3.63, 3.8) is 0 Å². The van der Waals surface area contributed by atoms with Crippen molar-refractivity contribution in [3.8, 4) is 0 Å². The summed E-state index contributed by atoms with van der Waals surface area (Å²) in [5, 5.41) is 16.0. The van der Waals surface area contributed by atoms with Gasteiger partial charge in [0.2, 0.25) is 0 Å². The fraction of sp³-hybridized carbons (Fsp3) is 0.214. The zero-order chi connectivity index (χ0) is 14.5. The second-order valence-electron chi connectivity index (χ2n) is 5.40. The van der Waals surface area contributed by atoms with Crippen LogP contribution in [0.4, 0.5) is 5.82 Å². The molecule has 5 heterocycles. The van der Waals surface area contributed by atoms with Gasteiger partial charge in [-0.25, -0.2) is 15.0 Å². The van der Waals surface area contributed by atoms with E-state index in [0.29, 0.717) is 0 Å². The van der Waals surface area contributed by atoms with Crippen LogP contribution < -0.4 is 4.90 Å². The first kappa shape index (κ1) is 11.6. The molecular weight excluding hydrogens is 280 g/mol. The molecule has 0 radical (unpaired) electrons. The van der Waals surface area contributed by atoms with E-state index in [9.17, 15) is 0 Å². The summed E-state index contributed by atoms with van der Waals surface area (Å²) in [6, 6.07) is 0. The molecule has 0 unspecified atom stereocenters. The van der Waals surface area contributed by atoms with Crippen LogP contribution in [0.25, 0.3) is 22.1 Å². The van der Waals surface area contributed by atoms with Crippen molar-refractivity contribution in [2.75, 3.05) is 11.4 Å². The van der Waals surface area contributed by atoms with Gasteiger partial charge in [-0.05, 0) is 17.5 Å². The Labute approximate surface area is 124 Å². The fourth-order valence-corrected chi connectivity index (χ4v) is 3.14. The van der Waals surface area contributed by atoms with E-state index in [1.54, 1.807) is 12.5 Å². The Morgan fingerprint density at radius 3 is 2.64 bits per heavy atom. The quantitative estimate of drug-likeness (QED) is 0.546. The molecule has 5 rings (SSSR count). The van der Waals surface area contributed by atoms with Gasteiger partial charge in [-0.1, -0.05) is 0 Å². The van der Waals surface area contributed by atoms with Crippen LogP contribution in [-0.4, -0.2) is 41.9 Å². The van der Waals surface area contributed by atoms with E-state index in [0.717, 1.165) is 47.4 Å². The number of anilines is 1. The maximum Gasteiger partial charge on any atom is 0.160 e. The molecule has 0 aliphatic carbocycles. The standard InChI is InChI=1S/C14H12N8/c1-2-22(14-11-5-19-21-13(11)16-7-17-14)6-8-3-15-12-10(9(1)8)4-18-20-12/h3-5,7H,1-2,6H2,(H,15,18,20)(H,16,17,19,21). The molecule has 8 heteroatoms. The van der Waals surface area contributed by atoms with Crippen LogP contribution in [0, 0.1) is 0 Å². The first-order valence-electron chi connectivity index (χ1n) is 7.09. The van der Waals surface area contributed by atoms with Gasteiger partial charge < -0.3 is 4.90 Å². The Morgan fingerprint density at radius 2 is 1.73 bits per heavy atom. The van der Waals surface area contributed by atoms with Crippen molar-refractivity contribution in [2.45, 2.75) is 13.0 Å². The first-order chi connectivity index (χ1) is 10.9. The van der Waals surface area contributed by atoms with E-state index in [2.05, 4.69) is 40.2 Å². The van der Waals surface area contributed by atoms with Crippen LogP contribution in [-0.2, 0) is 13.0 Å². The van der Waals surface area contributed by atoms with Crippen molar-refractivity contribution in [2.24, 2.45) is 0 Å². The third kappa shape index (κ3) is 1.54. The SMILES string of the molecule is c1nc(N2CCc3c(cnc4[nH]ncc34)C2)c2cn[nH]c2n1. The summed E-state index contributed by atoms with van der Waals surface area (Å²) in [4.78, 5) is 15.3. The Balaban J connectivity index is 1.60. The van der Waals surface area contributed by atoms with Crippen LogP contribution >= 0.6 is 0 Å². The van der Waals surface area contributed by atoms with Gasteiger partial charge >= 0.3 is 0 Å². The number of nitrogens with one attached hydrogen (secondary N) is 2. The molecule has 8 nitrogen and oxygen atoms in total. The molecule has 0 saturated carbocycles. The number of hydrogen-bond donors (Lipinski definition) is 2. The van der Waals surface area contributed by atoms with E-state index in [-0.39, 0.29) is 0 Å².